The number of hydrogen-bond acceptors (Lipinski definition) is 2. The Bertz CT molecular complexity index is 477. The highest BCUT2D eigenvalue weighted by Gasteiger charge is 2.34. The van der Waals surface area contributed by atoms with Crippen LogP contribution in [0.1, 0.15) is 95.3 Å². The van der Waals surface area contributed by atoms with Gasteiger partial charge in [0.15, 0.2) is 0 Å². The first-order valence-corrected chi connectivity index (χ1v) is 10.0. The van der Waals surface area contributed by atoms with Crippen molar-refractivity contribution in [3.8, 4) is 0 Å². The molecule has 134 valence electrons. The minimum absolute atomic E-state index is 0.0140. The van der Waals surface area contributed by atoms with Gasteiger partial charge in [0.2, 0.25) is 0 Å². The zero-order valence-corrected chi connectivity index (χ0v) is 15.6. The monoisotopic (exact) mass is 330 g/mol. The van der Waals surface area contributed by atoms with Crippen molar-refractivity contribution in [2.24, 2.45) is 5.92 Å². The molecule has 24 heavy (non-hydrogen) atoms. The molecule has 0 N–H and O–H groups in total. The van der Waals surface area contributed by atoms with E-state index in [4.69, 9.17) is 4.74 Å². The van der Waals surface area contributed by atoms with Crippen molar-refractivity contribution >= 4 is 5.97 Å². The quantitative estimate of drug-likeness (QED) is 0.347. The summed E-state index contributed by atoms with van der Waals surface area (Å²) in [5, 5.41) is 0. The highest BCUT2D eigenvalue weighted by Crippen LogP contribution is 2.36. The Hall–Kier alpha value is -1.31. The highest BCUT2D eigenvalue weighted by atomic mass is 16.5. The molecule has 1 saturated heterocycles. The van der Waals surface area contributed by atoms with Crippen molar-refractivity contribution < 1.29 is 9.53 Å². The predicted octanol–water partition coefficient (Wildman–Crippen LogP) is 6.38. The lowest BCUT2D eigenvalue weighted by Gasteiger charge is -2.10. The third-order valence-electron chi connectivity index (χ3n) is 5.17. The number of carbonyl (C=O) groups excluding carboxylic acids is 1. The lowest BCUT2D eigenvalue weighted by atomic mass is 9.94. The first-order valence-electron chi connectivity index (χ1n) is 10.0. The molecule has 0 amide bonds. The summed E-state index contributed by atoms with van der Waals surface area (Å²) in [5.74, 6) is 0.126. The molecule has 1 heterocycles. The van der Waals surface area contributed by atoms with Gasteiger partial charge in [-0.1, -0.05) is 83.1 Å². The first-order chi connectivity index (χ1) is 11.7. The number of cyclic esters (lactones) is 1. The summed E-state index contributed by atoms with van der Waals surface area (Å²) in [6, 6.07) is 8.74. The fourth-order valence-electron chi connectivity index (χ4n) is 3.55. The van der Waals surface area contributed by atoms with E-state index in [2.05, 4.69) is 38.1 Å². The van der Waals surface area contributed by atoms with Crippen LogP contribution in [-0.2, 0) is 16.0 Å². The first kappa shape index (κ1) is 19.0. The lowest BCUT2D eigenvalue weighted by Crippen LogP contribution is -2.06. The molecule has 1 aliphatic heterocycles. The minimum Gasteiger partial charge on any atom is -0.457 e. The predicted molar refractivity (Wildman–Crippen MR) is 100.0 cm³/mol. The largest absolute Gasteiger partial charge is 0.457 e. The molecule has 2 unspecified atom stereocenters. The molecule has 2 nitrogen and oxygen atoms in total. The molecule has 0 saturated carbocycles. The molecule has 1 aromatic carbocycles. The molecule has 1 aromatic rings. The molecular weight excluding hydrogens is 296 g/mol. The van der Waals surface area contributed by atoms with E-state index in [9.17, 15) is 4.79 Å². The molecule has 2 rings (SSSR count). The third-order valence-corrected chi connectivity index (χ3v) is 5.17. The Morgan fingerprint density at radius 2 is 1.58 bits per heavy atom. The van der Waals surface area contributed by atoms with E-state index in [1.54, 1.807) is 0 Å². The van der Waals surface area contributed by atoms with Gasteiger partial charge in [-0.3, -0.25) is 4.79 Å². The molecule has 0 spiro atoms. The smallest absolute Gasteiger partial charge is 0.309 e. The van der Waals surface area contributed by atoms with E-state index in [0.717, 1.165) is 31.2 Å². The third kappa shape index (κ3) is 5.96. The van der Waals surface area contributed by atoms with Crippen LogP contribution >= 0.6 is 0 Å². The summed E-state index contributed by atoms with van der Waals surface area (Å²) in [4.78, 5) is 12.1. The number of esters is 1. The minimum atomic E-state index is -0.0252. The maximum Gasteiger partial charge on any atom is 0.309 e. The number of carbonyl (C=O) groups is 1. The van der Waals surface area contributed by atoms with Crippen molar-refractivity contribution in [3.63, 3.8) is 0 Å². The molecule has 1 fully saturated rings. The van der Waals surface area contributed by atoms with Crippen molar-refractivity contribution in [1.82, 2.24) is 0 Å². The summed E-state index contributed by atoms with van der Waals surface area (Å²) in [6.07, 6.45) is 13.1. The standard InChI is InChI=1S/C22H34O2/c1-3-5-7-9-11-18-13-15-19(16-14-18)21-17-20(22(23)24-21)12-10-8-6-4-2/h13-16,20-21H,3-12,17H2,1-2H3. The van der Waals surface area contributed by atoms with Crippen LogP contribution in [0, 0.1) is 5.92 Å². The molecule has 2 atom stereocenters. The average molecular weight is 331 g/mol. The van der Waals surface area contributed by atoms with Crippen LogP contribution in [0.3, 0.4) is 0 Å². The van der Waals surface area contributed by atoms with Crippen LogP contribution in [-0.4, -0.2) is 5.97 Å². The number of aryl methyl sites for hydroxylation is 1. The second-order valence-corrected chi connectivity index (χ2v) is 7.26. The molecule has 1 aliphatic rings. The zero-order chi connectivity index (χ0) is 17.2. The fourth-order valence-corrected chi connectivity index (χ4v) is 3.55. The molecule has 0 radical (unpaired) electrons. The Morgan fingerprint density at radius 1 is 0.917 bits per heavy atom. The normalized spacial score (nSPS) is 20.3. The Labute approximate surface area is 148 Å². The number of rotatable bonds is 11. The number of hydrogen-bond donors (Lipinski definition) is 0. The Kier molecular flexibility index (Phi) is 8.35. The van der Waals surface area contributed by atoms with Crippen molar-refractivity contribution in [2.45, 2.75) is 90.6 Å². The van der Waals surface area contributed by atoms with Crippen LogP contribution in [0.2, 0.25) is 0 Å². The van der Waals surface area contributed by atoms with Gasteiger partial charge in [-0.25, -0.2) is 0 Å². The van der Waals surface area contributed by atoms with Crippen LogP contribution in [0.4, 0.5) is 0 Å². The van der Waals surface area contributed by atoms with E-state index in [1.165, 1.54) is 50.5 Å². The summed E-state index contributed by atoms with van der Waals surface area (Å²) in [6.45, 7) is 4.46. The van der Waals surface area contributed by atoms with Gasteiger partial charge in [-0.2, -0.15) is 0 Å². The molecular formula is C22H34O2. The molecule has 0 bridgehead atoms. The van der Waals surface area contributed by atoms with Gasteiger partial charge in [-0.15, -0.1) is 0 Å². The number of benzene rings is 1. The lowest BCUT2D eigenvalue weighted by molar-refractivity contribution is -0.144. The van der Waals surface area contributed by atoms with Gasteiger partial charge >= 0.3 is 5.97 Å². The summed E-state index contributed by atoms with van der Waals surface area (Å²) < 4.78 is 5.63. The van der Waals surface area contributed by atoms with Crippen molar-refractivity contribution in [1.29, 1.82) is 0 Å². The fraction of sp³-hybridized carbons (Fsp3) is 0.682. The van der Waals surface area contributed by atoms with Crippen LogP contribution < -0.4 is 0 Å². The second-order valence-electron chi connectivity index (χ2n) is 7.26. The maximum atomic E-state index is 12.1. The van der Waals surface area contributed by atoms with Crippen LogP contribution in [0.25, 0.3) is 0 Å². The van der Waals surface area contributed by atoms with Gasteiger partial charge in [-0.05, 0) is 30.4 Å². The SMILES string of the molecule is CCCCCCc1ccc(C2CC(CCCCCC)C(=O)O2)cc1. The second kappa shape index (κ2) is 10.5. The van der Waals surface area contributed by atoms with E-state index < -0.39 is 0 Å². The summed E-state index contributed by atoms with van der Waals surface area (Å²) in [7, 11) is 0. The average Bonchev–Trinajstić information content (AvgIpc) is 2.97. The van der Waals surface area contributed by atoms with Gasteiger partial charge in [0, 0.05) is 6.42 Å². The van der Waals surface area contributed by atoms with Crippen LogP contribution in [0.15, 0.2) is 24.3 Å². The summed E-state index contributed by atoms with van der Waals surface area (Å²) >= 11 is 0. The van der Waals surface area contributed by atoms with E-state index in [0.29, 0.717) is 0 Å². The van der Waals surface area contributed by atoms with Gasteiger partial charge in [0.25, 0.3) is 0 Å². The molecule has 2 heteroatoms. The molecule has 0 aromatic heterocycles. The van der Waals surface area contributed by atoms with E-state index in [-0.39, 0.29) is 18.0 Å². The van der Waals surface area contributed by atoms with Gasteiger partial charge in [0.1, 0.15) is 6.10 Å². The van der Waals surface area contributed by atoms with Crippen molar-refractivity contribution in [2.75, 3.05) is 0 Å². The van der Waals surface area contributed by atoms with Gasteiger partial charge in [0.05, 0.1) is 5.92 Å². The van der Waals surface area contributed by atoms with Crippen molar-refractivity contribution in [3.05, 3.63) is 35.4 Å². The van der Waals surface area contributed by atoms with Crippen LogP contribution in [0.5, 0.6) is 0 Å². The van der Waals surface area contributed by atoms with Gasteiger partial charge < -0.3 is 4.74 Å². The highest BCUT2D eigenvalue weighted by molar-refractivity contribution is 5.74. The zero-order valence-electron chi connectivity index (χ0n) is 15.6. The summed E-state index contributed by atoms with van der Waals surface area (Å²) in [5.41, 5.74) is 2.56. The Morgan fingerprint density at radius 3 is 2.25 bits per heavy atom. The van der Waals surface area contributed by atoms with E-state index in [1.807, 2.05) is 0 Å². The molecule has 0 aliphatic carbocycles. The number of ether oxygens (including phenoxy) is 1. The van der Waals surface area contributed by atoms with E-state index >= 15 is 0 Å². The maximum absolute atomic E-state index is 12.1. The topological polar surface area (TPSA) is 26.3 Å². The Balaban J connectivity index is 1.78. The number of unbranched alkanes of at least 4 members (excludes halogenated alkanes) is 6.